The third-order valence-corrected chi connectivity index (χ3v) is 6.92. The lowest BCUT2D eigenvalue weighted by Crippen LogP contribution is -2.40. The van der Waals surface area contributed by atoms with Gasteiger partial charge in [-0.1, -0.05) is 0 Å². The van der Waals surface area contributed by atoms with Crippen LogP contribution in [0.15, 0.2) is 53.9 Å². The van der Waals surface area contributed by atoms with E-state index >= 15 is 0 Å². The molecule has 0 saturated carbocycles. The minimum Gasteiger partial charge on any atom is -0.379 e. The first-order chi connectivity index (χ1) is 16.1. The van der Waals surface area contributed by atoms with Gasteiger partial charge in [0.1, 0.15) is 18.5 Å². The van der Waals surface area contributed by atoms with Gasteiger partial charge in [0, 0.05) is 13.1 Å². The first kappa shape index (κ1) is 23.8. The van der Waals surface area contributed by atoms with E-state index in [9.17, 15) is 30.8 Å². The summed E-state index contributed by atoms with van der Waals surface area (Å²) < 4.78 is 87.3. The van der Waals surface area contributed by atoms with Crippen molar-refractivity contribution in [3.05, 3.63) is 66.0 Å². The Morgan fingerprint density at radius 3 is 2.47 bits per heavy atom. The van der Waals surface area contributed by atoms with E-state index in [1.807, 2.05) is 0 Å². The summed E-state index contributed by atoms with van der Waals surface area (Å²) in [7, 11) is -4.04. The third kappa shape index (κ3) is 4.78. The van der Waals surface area contributed by atoms with Crippen LogP contribution in [0.3, 0.4) is 0 Å². The average Bonchev–Trinajstić information content (AvgIpc) is 3.34. The second kappa shape index (κ2) is 9.12. The number of ether oxygens (including phenoxy) is 1. The van der Waals surface area contributed by atoms with Gasteiger partial charge in [0.05, 0.1) is 40.6 Å². The molecule has 0 unspecified atom stereocenters. The number of amides is 1. The van der Waals surface area contributed by atoms with Crippen LogP contribution < -0.4 is 5.32 Å². The Labute approximate surface area is 191 Å². The lowest BCUT2D eigenvalue weighted by molar-refractivity contribution is -0.137. The number of alkyl halides is 3. The number of nitrogens with zero attached hydrogens (tertiary/aromatic N) is 4. The summed E-state index contributed by atoms with van der Waals surface area (Å²) in [6, 6.07) is 5.21. The van der Waals surface area contributed by atoms with Gasteiger partial charge in [-0.3, -0.25) is 4.79 Å². The first-order valence-corrected chi connectivity index (χ1v) is 11.3. The second-order valence-electron chi connectivity index (χ2n) is 7.18. The topological polar surface area (TPSA) is 106 Å². The number of hydrogen-bond acceptors (Lipinski definition) is 6. The maximum atomic E-state index is 14.5. The predicted octanol–water partition coefficient (Wildman–Crippen LogP) is 2.70. The highest BCUT2D eigenvalue weighted by Gasteiger charge is 2.32. The molecule has 14 heteroatoms. The van der Waals surface area contributed by atoms with Crippen molar-refractivity contribution in [2.75, 3.05) is 31.6 Å². The molecule has 1 aromatic heterocycles. The van der Waals surface area contributed by atoms with Crippen LogP contribution in [0.2, 0.25) is 0 Å². The summed E-state index contributed by atoms with van der Waals surface area (Å²) in [5, 5.41) is 6.07. The molecule has 0 spiro atoms. The van der Waals surface area contributed by atoms with Crippen molar-refractivity contribution in [3.63, 3.8) is 0 Å². The van der Waals surface area contributed by atoms with E-state index in [0.717, 1.165) is 45.6 Å². The normalized spacial score (nSPS) is 15.3. The molecule has 34 heavy (non-hydrogen) atoms. The van der Waals surface area contributed by atoms with E-state index in [1.54, 1.807) is 0 Å². The summed E-state index contributed by atoms with van der Waals surface area (Å²) in [5.41, 5.74) is -2.01. The molecule has 0 bridgehead atoms. The number of aromatic nitrogens is 3. The molecular formula is C20H17F4N5O4S. The molecule has 0 atom stereocenters. The minimum absolute atomic E-state index is 0.0383. The van der Waals surface area contributed by atoms with Crippen molar-refractivity contribution in [3.8, 4) is 5.69 Å². The van der Waals surface area contributed by atoms with Gasteiger partial charge in [0.15, 0.2) is 0 Å². The van der Waals surface area contributed by atoms with Crippen LogP contribution in [0.1, 0.15) is 15.9 Å². The lowest BCUT2D eigenvalue weighted by atomic mass is 10.1. The smallest absolute Gasteiger partial charge is 0.379 e. The number of halogens is 4. The van der Waals surface area contributed by atoms with E-state index < -0.39 is 39.1 Å². The van der Waals surface area contributed by atoms with Crippen LogP contribution in [0.25, 0.3) is 5.69 Å². The monoisotopic (exact) mass is 499 g/mol. The van der Waals surface area contributed by atoms with Crippen molar-refractivity contribution in [1.82, 2.24) is 19.1 Å². The average molecular weight is 499 g/mol. The molecule has 180 valence electrons. The van der Waals surface area contributed by atoms with Gasteiger partial charge in [-0.05, 0) is 36.4 Å². The standard InChI is InChI=1S/C20H17F4N5O4S/c21-16-3-2-14(34(31,32)28-5-7-33-8-6-28)10-15(16)19(30)27-17-9-13(20(22,23)24)1-4-18(17)29-12-25-11-26-29/h1-4,9-12H,5-8H2,(H,27,30). The summed E-state index contributed by atoms with van der Waals surface area (Å²) in [5.74, 6) is -2.19. The number of morpholine rings is 1. The highest BCUT2D eigenvalue weighted by molar-refractivity contribution is 7.89. The molecule has 9 nitrogen and oxygen atoms in total. The lowest BCUT2D eigenvalue weighted by Gasteiger charge is -2.26. The Morgan fingerprint density at radius 2 is 1.82 bits per heavy atom. The Hall–Kier alpha value is -3.36. The van der Waals surface area contributed by atoms with E-state index in [-0.39, 0.29) is 42.6 Å². The van der Waals surface area contributed by atoms with Crippen LogP contribution >= 0.6 is 0 Å². The molecule has 2 aromatic carbocycles. The van der Waals surface area contributed by atoms with Crippen molar-refractivity contribution in [1.29, 1.82) is 0 Å². The molecule has 0 aliphatic carbocycles. The number of carbonyl (C=O) groups is 1. The molecule has 2 heterocycles. The SMILES string of the molecule is O=C(Nc1cc(C(F)(F)F)ccc1-n1cncn1)c1cc(S(=O)(=O)N2CCOCC2)ccc1F. The molecule has 1 saturated heterocycles. The zero-order chi connectivity index (χ0) is 24.5. The Bertz CT molecular complexity index is 1310. The van der Waals surface area contributed by atoms with E-state index in [1.165, 1.54) is 6.33 Å². The number of nitrogens with one attached hydrogen (secondary N) is 1. The second-order valence-corrected chi connectivity index (χ2v) is 9.12. The summed E-state index contributed by atoms with van der Waals surface area (Å²) in [6.45, 7) is 0.558. The van der Waals surface area contributed by atoms with E-state index in [2.05, 4.69) is 15.4 Å². The van der Waals surface area contributed by atoms with Gasteiger partial charge in [-0.15, -0.1) is 0 Å². The molecular weight excluding hydrogens is 482 g/mol. The number of rotatable bonds is 5. The Kier molecular flexibility index (Phi) is 6.38. The highest BCUT2D eigenvalue weighted by atomic mass is 32.2. The molecule has 3 aromatic rings. The van der Waals surface area contributed by atoms with Gasteiger partial charge in [0.25, 0.3) is 5.91 Å². The zero-order valence-corrected chi connectivity index (χ0v) is 18.1. The molecule has 1 aliphatic heterocycles. The quantitative estimate of drug-likeness (QED) is 0.541. The molecule has 1 N–H and O–H groups in total. The number of sulfonamides is 1. The molecule has 1 fully saturated rings. The van der Waals surface area contributed by atoms with Gasteiger partial charge < -0.3 is 10.1 Å². The van der Waals surface area contributed by atoms with Crippen molar-refractivity contribution in [2.24, 2.45) is 0 Å². The van der Waals surface area contributed by atoms with Crippen LogP contribution in [0.4, 0.5) is 23.2 Å². The molecule has 4 rings (SSSR count). The largest absolute Gasteiger partial charge is 0.416 e. The van der Waals surface area contributed by atoms with E-state index in [0.29, 0.717) is 6.07 Å². The van der Waals surface area contributed by atoms with Crippen LogP contribution in [-0.4, -0.2) is 59.7 Å². The fourth-order valence-electron chi connectivity index (χ4n) is 3.31. The fourth-order valence-corrected chi connectivity index (χ4v) is 4.74. The van der Waals surface area contributed by atoms with Crippen molar-refractivity contribution in [2.45, 2.75) is 11.1 Å². The Balaban J connectivity index is 1.70. The van der Waals surface area contributed by atoms with Gasteiger partial charge >= 0.3 is 6.18 Å². The third-order valence-electron chi connectivity index (χ3n) is 5.03. The summed E-state index contributed by atoms with van der Waals surface area (Å²) >= 11 is 0. The number of benzene rings is 2. The summed E-state index contributed by atoms with van der Waals surface area (Å²) in [6.07, 6.45) is -2.37. The van der Waals surface area contributed by atoms with Crippen molar-refractivity contribution >= 4 is 21.6 Å². The van der Waals surface area contributed by atoms with Gasteiger partial charge in [-0.25, -0.2) is 22.5 Å². The van der Waals surface area contributed by atoms with Crippen LogP contribution in [0, 0.1) is 5.82 Å². The number of carbonyl (C=O) groups excluding carboxylic acids is 1. The summed E-state index contributed by atoms with van der Waals surface area (Å²) in [4.78, 5) is 16.3. The van der Waals surface area contributed by atoms with Gasteiger partial charge in [0.2, 0.25) is 10.0 Å². The molecule has 1 aliphatic rings. The zero-order valence-electron chi connectivity index (χ0n) is 17.3. The van der Waals surface area contributed by atoms with E-state index in [4.69, 9.17) is 4.74 Å². The first-order valence-electron chi connectivity index (χ1n) is 9.82. The maximum absolute atomic E-state index is 14.5. The van der Waals surface area contributed by atoms with Gasteiger partial charge in [-0.2, -0.15) is 22.6 Å². The predicted molar refractivity (Wildman–Crippen MR) is 110 cm³/mol. The maximum Gasteiger partial charge on any atom is 0.416 e. The fraction of sp³-hybridized carbons (Fsp3) is 0.250. The highest BCUT2D eigenvalue weighted by Crippen LogP contribution is 2.33. The molecule has 0 radical (unpaired) electrons. The van der Waals surface area contributed by atoms with Crippen molar-refractivity contribution < 1.29 is 35.5 Å². The number of anilines is 1. The minimum atomic E-state index is -4.71. The number of hydrogen-bond donors (Lipinski definition) is 1. The Morgan fingerprint density at radius 1 is 1.09 bits per heavy atom. The van der Waals surface area contributed by atoms with Crippen LogP contribution in [0.5, 0.6) is 0 Å². The van der Waals surface area contributed by atoms with Crippen LogP contribution in [-0.2, 0) is 20.9 Å². The molecule has 1 amide bonds.